The minimum absolute atomic E-state index is 0.128. The Labute approximate surface area is 124 Å². The Morgan fingerprint density at radius 2 is 1.95 bits per heavy atom. The number of hydrogen-bond donors (Lipinski definition) is 2. The van der Waals surface area contributed by atoms with Crippen LogP contribution in [0.3, 0.4) is 0 Å². The number of carbonyl (C=O) groups excluding carboxylic acids is 1. The first-order valence-electron chi connectivity index (χ1n) is 6.86. The largest absolute Gasteiger partial charge is 0.508 e. The molecule has 4 heteroatoms. The highest BCUT2D eigenvalue weighted by molar-refractivity contribution is 5.94. The number of hydrogen-bond acceptors (Lipinski definition) is 3. The van der Waals surface area contributed by atoms with Crippen molar-refractivity contribution in [1.29, 1.82) is 0 Å². The number of phenols is 1. The number of ether oxygens (including phenoxy) is 1. The van der Waals surface area contributed by atoms with E-state index in [1.807, 2.05) is 30.3 Å². The normalized spacial score (nSPS) is 10.3. The van der Waals surface area contributed by atoms with Gasteiger partial charge in [0, 0.05) is 12.1 Å². The smallest absolute Gasteiger partial charge is 0.251 e. The maximum atomic E-state index is 11.9. The lowest BCUT2D eigenvalue weighted by molar-refractivity contribution is 0.0900. The lowest BCUT2D eigenvalue weighted by Gasteiger charge is -2.07. The van der Waals surface area contributed by atoms with Crippen molar-refractivity contribution in [3.05, 3.63) is 65.2 Å². The zero-order chi connectivity index (χ0) is 15.1. The summed E-state index contributed by atoms with van der Waals surface area (Å²) in [6, 6.07) is 14.7. The predicted octanol–water partition coefficient (Wildman–Crippen LogP) is 2.65. The van der Waals surface area contributed by atoms with E-state index in [9.17, 15) is 9.90 Å². The summed E-state index contributed by atoms with van der Waals surface area (Å²) >= 11 is 0. The molecule has 21 heavy (non-hydrogen) atoms. The van der Waals surface area contributed by atoms with Crippen LogP contribution in [0.4, 0.5) is 0 Å². The van der Waals surface area contributed by atoms with Gasteiger partial charge in [-0.2, -0.15) is 0 Å². The Hall–Kier alpha value is -2.33. The molecule has 0 heterocycles. The van der Waals surface area contributed by atoms with Crippen molar-refractivity contribution in [3.63, 3.8) is 0 Å². The fraction of sp³-hybridized carbons (Fsp3) is 0.235. The number of carbonyl (C=O) groups is 1. The summed E-state index contributed by atoms with van der Waals surface area (Å²) in [7, 11) is 0. The van der Waals surface area contributed by atoms with E-state index in [4.69, 9.17) is 4.74 Å². The molecular formula is C17H19NO3. The quantitative estimate of drug-likeness (QED) is 0.802. The maximum absolute atomic E-state index is 11.9. The average Bonchev–Trinajstić information content (AvgIpc) is 2.50. The number of benzene rings is 2. The molecule has 4 nitrogen and oxygen atoms in total. The monoisotopic (exact) mass is 285 g/mol. The van der Waals surface area contributed by atoms with E-state index < -0.39 is 0 Å². The third-order valence-corrected chi connectivity index (χ3v) is 3.11. The van der Waals surface area contributed by atoms with Gasteiger partial charge in [0.15, 0.2) is 0 Å². The molecule has 0 aliphatic heterocycles. The van der Waals surface area contributed by atoms with E-state index in [0.717, 1.165) is 11.1 Å². The van der Waals surface area contributed by atoms with Gasteiger partial charge in [0.1, 0.15) is 5.75 Å². The van der Waals surface area contributed by atoms with Crippen molar-refractivity contribution in [2.24, 2.45) is 0 Å². The van der Waals surface area contributed by atoms with Crippen molar-refractivity contribution in [3.8, 4) is 5.75 Å². The Morgan fingerprint density at radius 3 is 2.67 bits per heavy atom. The highest BCUT2D eigenvalue weighted by Crippen LogP contribution is 2.17. The topological polar surface area (TPSA) is 58.6 Å². The summed E-state index contributed by atoms with van der Waals surface area (Å²) in [5.41, 5.74) is 2.30. The van der Waals surface area contributed by atoms with Crippen LogP contribution in [-0.2, 0) is 11.3 Å². The Kier molecular flexibility index (Phi) is 5.35. The molecule has 2 N–H and O–H groups in total. The summed E-state index contributed by atoms with van der Waals surface area (Å²) in [6.07, 6.45) is 0. The second kappa shape index (κ2) is 7.45. The summed E-state index contributed by atoms with van der Waals surface area (Å²) < 4.78 is 5.48. The Morgan fingerprint density at radius 1 is 1.19 bits per heavy atom. The Bertz CT molecular complexity index is 596. The molecule has 1 amide bonds. The predicted molar refractivity (Wildman–Crippen MR) is 81.3 cm³/mol. The SMILES string of the molecule is Cc1ccc(C(=O)NCCOCc2ccccc2)cc1O. The zero-order valence-corrected chi connectivity index (χ0v) is 12.0. The molecule has 0 aliphatic rings. The third-order valence-electron chi connectivity index (χ3n) is 3.11. The lowest BCUT2D eigenvalue weighted by atomic mass is 10.1. The van der Waals surface area contributed by atoms with Crippen LogP contribution >= 0.6 is 0 Å². The number of rotatable bonds is 6. The fourth-order valence-corrected chi connectivity index (χ4v) is 1.85. The lowest BCUT2D eigenvalue weighted by Crippen LogP contribution is -2.27. The van der Waals surface area contributed by atoms with Gasteiger partial charge in [-0.1, -0.05) is 36.4 Å². The van der Waals surface area contributed by atoms with Gasteiger partial charge in [0.25, 0.3) is 5.91 Å². The van der Waals surface area contributed by atoms with E-state index in [2.05, 4.69) is 5.32 Å². The zero-order valence-electron chi connectivity index (χ0n) is 12.0. The molecule has 0 aliphatic carbocycles. The van der Waals surface area contributed by atoms with Gasteiger partial charge in [-0.05, 0) is 30.2 Å². The summed E-state index contributed by atoms with van der Waals surface area (Å²) in [6.45, 7) is 3.19. The fourth-order valence-electron chi connectivity index (χ4n) is 1.85. The van der Waals surface area contributed by atoms with E-state index >= 15 is 0 Å². The third kappa shape index (κ3) is 4.61. The molecular weight excluding hydrogens is 266 g/mol. The van der Waals surface area contributed by atoms with Crippen LogP contribution in [0.25, 0.3) is 0 Å². The van der Waals surface area contributed by atoms with Crippen molar-refractivity contribution in [2.75, 3.05) is 13.2 Å². The summed E-state index contributed by atoms with van der Waals surface area (Å²) in [5.74, 6) is -0.0865. The first kappa shape index (κ1) is 15.1. The molecule has 0 aromatic heterocycles. The second-order valence-corrected chi connectivity index (χ2v) is 4.80. The van der Waals surface area contributed by atoms with E-state index in [0.29, 0.717) is 25.3 Å². The molecule has 0 unspecified atom stereocenters. The van der Waals surface area contributed by atoms with Crippen LogP contribution < -0.4 is 5.32 Å². The van der Waals surface area contributed by atoms with Gasteiger partial charge in [-0.15, -0.1) is 0 Å². The summed E-state index contributed by atoms with van der Waals surface area (Å²) in [5, 5.41) is 12.3. The second-order valence-electron chi connectivity index (χ2n) is 4.80. The first-order valence-corrected chi connectivity index (χ1v) is 6.86. The highest BCUT2D eigenvalue weighted by Gasteiger charge is 2.06. The van der Waals surface area contributed by atoms with Crippen molar-refractivity contribution in [2.45, 2.75) is 13.5 Å². The van der Waals surface area contributed by atoms with Crippen LogP contribution in [0.15, 0.2) is 48.5 Å². The molecule has 0 atom stereocenters. The van der Waals surface area contributed by atoms with Gasteiger partial charge >= 0.3 is 0 Å². The molecule has 0 fully saturated rings. The first-order chi connectivity index (χ1) is 10.2. The van der Waals surface area contributed by atoms with Crippen LogP contribution in [0.1, 0.15) is 21.5 Å². The van der Waals surface area contributed by atoms with Crippen LogP contribution in [0.5, 0.6) is 5.75 Å². The molecule has 0 saturated heterocycles. The molecule has 0 saturated carbocycles. The van der Waals surface area contributed by atoms with Gasteiger partial charge in [-0.25, -0.2) is 0 Å². The molecule has 2 rings (SSSR count). The molecule has 0 spiro atoms. The van der Waals surface area contributed by atoms with Crippen LogP contribution in [0.2, 0.25) is 0 Å². The minimum Gasteiger partial charge on any atom is -0.508 e. The van der Waals surface area contributed by atoms with Crippen molar-refractivity contribution >= 4 is 5.91 Å². The maximum Gasteiger partial charge on any atom is 0.251 e. The van der Waals surface area contributed by atoms with Crippen LogP contribution in [-0.4, -0.2) is 24.2 Å². The van der Waals surface area contributed by atoms with Gasteiger partial charge in [0.05, 0.1) is 13.2 Å². The average molecular weight is 285 g/mol. The van der Waals surface area contributed by atoms with E-state index in [1.165, 1.54) is 6.07 Å². The number of amides is 1. The molecule has 2 aromatic carbocycles. The van der Waals surface area contributed by atoms with Crippen molar-refractivity contribution < 1.29 is 14.6 Å². The van der Waals surface area contributed by atoms with Gasteiger partial charge < -0.3 is 15.2 Å². The Balaban J connectivity index is 1.71. The van der Waals surface area contributed by atoms with E-state index in [-0.39, 0.29) is 11.7 Å². The highest BCUT2D eigenvalue weighted by atomic mass is 16.5. The number of aryl methyl sites for hydroxylation is 1. The minimum atomic E-state index is -0.214. The number of aromatic hydroxyl groups is 1. The van der Waals surface area contributed by atoms with E-state index in [1.54, 1.807) is 19.1 Å². The van der Waals surface area contributed by atoms with Crippen LogP contribution in [0, 0.1) is 6.92 Å². The number of phenolic OH excluding ortho intramolecular Hbond substituents is 1. The number of nitrogens with one attached hydrogen (secondary N) is 1. The van der Waals surface area contributed by atoms with Gasteiger partial charge in [0.2, 0.25) is 0 Å². The van der Waals surface area contributed by atoms with Gasteiger partial charge in [-0.3, -0.25) is 4.79 Å². The molecule has 0 radical (unpaired) electrons. The summed E-state index contributed by atoms with van der Waals surface area (Å²) in [4.78, 5) is 11.9. The standard InChI is InChI=1S/C17H19NO3/c1-13-7-8-15(11-16(13)19)17(20)18-9-10-21-12-14-5-3-2-4-6-14/h2-8,11,19H,9-10,12H2,1H3,(H,18,20). The molecule has 110 valence electrons. The molecule has 0 bridgehead atoms. The molecule has 2 aromatic rings. The van der Waals surface area contributed by atoms with Crippen molar-refractivity contribution in [1.82, 2.24) is 5.32 Å².